The molecule has 3 aliphatic rings. The van der Waals surface area contributed by atoms with Crippen LogP contribution in [0.2, 0.25) is 0 Å². The van der Waals surface area contributed by atoms with Gasteiger partial charge in [0.25, 0.3) is 0 Å². The predicted molar refractivity (Wildman–Crippen MR) is 110 cm³/mol. The fraction of sp³-hybridized carbons (Fsp3) is 0.500. The molecule has 0 aromatic heterocycles. The standard InChI is InChI=1S/C24H30N2O2/c1-17-21(19-11-7-5-8-12-19)27-23(3)24(4)26(16-15-25(17)23)18(2)22(28-24)20-13-9-6-10-14-20/h5-14,17-18,21-22H,15-16H2,1-4H3/t17-,18-,21-,22-,23-,24-/m0/s1. The molecule has 3 aliphatic heterocycles. The van der Waals surface area contributed by atoms with Crippen LogP contribution in [0.4, 0.5) is 0 Å². The third-order valence-corrected chi connectivity index (χ3v) is 7.37. The molecule has 2 aromatic carbocycles. The van der Waals surface area contributed by atoms with Crippen LogP contribution in [-0.2, 0) is 9.47 Å². The second-order valence-corrected chi connectivity index (χ2v) is 8.73. The van der Waals surface area contributed by atoms with Crippen LogP contribution in [0.3, 0.4) is 0 Å². The largest absolute Gasteiger partial charge is 0.347 e. The van der Waals surface area contributed by atoms with Gasteiger partial charge in [-0.2, -0.15) is 0 Å². The summed E-state index contributed by atoms with van der Waals surface area (Å²) in [5.74, 6) is 0. The number of ether oxygens (including phenoxy) is 2. The Kier molecular flexibility index (Phi) is 4.18. The second-order valence-electron chi connectivity index (χ2n) is 8.73. The first-order valence-electron chi connectivity index (χ1n) is 10.4. The maximum Gasteiger partial charge on any atom is 0.162 e. The van der Waals surface area contributed by atoms with Crippen LogP contribution in [0.15, 0.2) is 60.7 Å². The quantitative estimate of drug-likeness (QED) is 0.775. The molecule has 3 fully saturated rings. The Morgan fingerprint density at radius 1 is 0.679 bits per heavy atom. The number of piperazine rings is 1. The molecular weight excluding hydrogens is 348 g/mol. The average molecular weight is 379 g/mol. The van der Waals surface area contributed by atoms with Gasteiger partial charge in [-0.1, -0.05) is 60.7 Å². The Balaban J connectivity index is 1.52. The van der Waals surface area contributed by atoms with Gasteiger partial charge in [-0.15, -0.1) is 0 Å². The van der Waals surface area contributed by atoms with Crippen LogP contribution in [0.25, 0.3) is 0 Å². The van der Waals surface area contributed by atoms with Crippen LogP contribution in [0.1, 0.15) is 51.0 Å². The number of nitrogens with zero attached hydrogens (tertiary/aromatic N) is 2. The summed E-state index contributed by atoms with van der Waals surface area (Å²) in [6.45, 7) is 11.0. The first-order valence-corrected chi connectivity index (χ1v) is 10.4. The molecule has 3 saturated heterocycles. The molecular formula is C24H30N2O2. The molecule has 4 heteroatoms. The van der Waals surface area contributed by atoms with Gasteiger partial charge in [0.1, 0.15) is 12.2 Å². The van der Waals surface area contributed by atoms with Gasteiger partial charge in [-0.3, -0.25) is 9.80 Å². The van der Waals surface area contributed by atoms with Gasteiger partial charge in [0.05, 0.1) is 0 Å². The zero-order valence-electron chi connectivity index (χ0n) is 17.2. The van der Waals surface area contributed by atoms with Crippen LogP contribution >= 0.6 is 0 Å². The lowest BCUT2D eigenvalue weighted by Gasteiger charge is -2.54. The van der Waals surface area contributed by atoms with Gasteiger partial charge < -0.3 is 9.47 Å². The highest BCUT2D eigenvalue weighted by Gasteiger charge is 2.68. The molecule has 0 N–H and O–H groups in total. The van der Waals surface area contributed by atoms with E-state index in [2.05, 4.69) is 98.2 Å². The molecule has 2 aromatic rings. The van der Waals surface area contributed by atoms with Crippen LogP contribution in [-0.4, -0.2) is 46.4 Å². The zero-order valence-corrected chi connectivity index (χ0v) is 17.2. The predicted octanol–water partition coefficient (Wildman–Crippen LogP) is 4.36. The highest BCUT2D eigenvalue weighted by Crippen LogP contribution is 2.55. The van der Waals surface area contributed by atoms with E-state index in [9.17, 15) is 0 Å². The first-order chi connectivity index (χ1) is 13.5. The zero-order chi connectivity index (χ0) is 19.5. The fourth-order valence-corrected chi connectivity index (χ4v) is 5.71. The van der Waals surface area contributed by atoms with E-state index in [1.807, 2.05) is 0 Å². The minimum Gasteiger partial charge on any atom is -0.347 e. The summed E-state index contributed by atoms with van der Waals surface area (Å²) in [7, 11) is 0. The number of benzene rings is 2. The Hall–Kier alpha value is -1.72. The summed E-state index contributed by atoms with van der Waals surface area (Å²) in [6.07, 6.45) is 0.107. The maximum absolute atomic E-state index is 6.86. The molecule has 0 unspecified atom stereocenters. The summed E-state index contributed by atoms with van der Waals surface area (Å²) in [5.41, 5.74) is 1.49. The number of rotatable bonds is 2. The lowest BCUT2D eigenvalue weighted by Crippen LogP contribution is -2.72. The summed E-state index contributed by atoms with van der Waals surface area (Å²) >= 11 is 0. The van der Waals surface area contributed by atoms with Crippen molar-refractivity contribution >= 4 is 0 Å². The summed E-state index contributed by atoms with van der Waals surface area (Å²) in [4.78, 5) is 5.03. The van der Waals surface area contributed by atoms with E-state index in [1.54, 1.807) is 0 Å². The second kappa shape index (κ2) is 6.39. The van der Waals surface area contributed by atoms with E-state index in [-0.39, 0.29) is 12.2 Å². The van der Waals surface area contributed by atoms with E-state index in [1.165, 1.54) is 11.1 Å². The molecule has 5 rings (SSSR count). The maximum atomic E-state index is 6.86. The van der Waals surface area contributed by atoms with Crippen molar-refractivity contribution in [2.75, 3.05) is 13.1 Å². The fourth-order valence-electron chi connectivity index (χ4n) is 5.71. The first kappa shape index (κ1) is 18.3. The van der Waals surface area contributed by atoms with Crippen LogP contribution < -0.4 is 0 Å². The third kappa shape index (κ3) is 2.38. The average Bonchev–Trinajstić information content (AvgIpc) is 3.15. The minimum absolute atomic E-state index is 0.0534. The lowest BCUT2D eigenvalue weighted by molar-refractivity contribution is -0.285. The van der Waals surface area contributed by atoms with Gasteiger partial charge in [-0.25, -0.2) is 0 Å². The van der Waals surface area contributed by atoms with Crippen molar-refractivity contribution in [2.45, 2.75) is 63.4 Å². The molecule has 28 heavy (non-hydrogen) atoms. The van der Waals surface area contributed by atoms with Crippen molar-refractivity contribution in [3.63, 3.8) is 0 Å². The van der Waals surface area contributed by atoms with E-state index in [0.717, 1.165) is 13.1 Å². The Morgan fingerprint density at radius 2 is 1.04 bits per heavy atom. The highest BCUT2D eigenvalue weighted by atomic mass is 16.6. The highest BCUT2D eigenvalue weighted by molar-refractivity contribution is 5.25. The molecule has 4 nitrogen and oxygen atoms in total. The van der Waals surface area contributed by atoms with Crippen molar-refractivity contribution in [1.29, 1.82) is 0 Å². The molecule has 0 saturated carbocycles. The van der Waals surface area contributed by atoms with Gasteiger partial charge >= 0.3 is 0 Å². The summed E-state index contributed by atoms with van der Waals surface area (Å²) in [6, 6.07) is 21.8. The molecule has 3 heterocycles. The number of hydrogen-bond acceptors (Lipinski definition) is 4. The topological polar surface area (TPSA) is 24.9 Å². The van der Waals surface area contributed by atoms with Crippen molar-refractivity contribution < 1.29 is 9.47 Å². The molecule has 148 valence electrons. The molecule has 0 aliphatic carbocycles. The Morgan fingerprint density at radius 3 is 1.39 bits per heavy atom. The van der Waals surface area contributed by atoms with E-state index in [0.29, 0.717) is 12.1 Å². The van der Waals surface area contributed by atoms with Gasteiger partial charge in [-0.05, 0) is 38.8 Å². The van der Waals surface area contributed by atoms with Crippen molar-refractivity contribution in [3.05, 3.63) is 71.8 Å². The molecule has 0 amide bonds. The van der Waals surface area contributed by atoms with Crippen molar-refractivity contribution in [1.82, 2.24) is 9.80 Å². The Bertz CT molecular complexity index is 773. The monoisotopic (exact) mass is 378 g/mol. The molecule has 0 bridgehead atoms. The molecule has 0 radical (unpaired) electrons. The third-order valence-electron chi connectivity index (χ3n) is 7.37. The molecule has 6 atom stereocenters. The van der Waals surface area contributed by atoms with Gasteiger partial charge in [0, 0.05) is 25.2 Å². The van der Waals surface area contributed by atoms with E-state index in [4.69, 9.17) is 9.47 Å². The van der Waals surface area contributed by atoms with Gasteiger partial charge in [0.15, 0.2) is 11.4 Å². The number of hydrogen-bond donors (Lipinski definition) is 0. The van der Waals surface area contributed by atoms with Crippen molar-refractivity contribution in [3.8, 4) is 0 Å². The summed E-state index contributed by atoms with van der Waals surface area (Å²) in [5, 5.41) is 0. The molecule has 0 spiro atoms. The Labute approximate surface area is 168 Å². The lowest BCUT2D eigenvalue weighted by atomic mass is 9.94. The van der Waals surface area contributed by atoms with Crippen molar-refractivity contribution in [2.24, 2.45) is 0 Å². The van der Waals surface area contributed by atoms with Gasteiger partial charge in [0.2, 0.25) is 0 Å². The normalized spacial score (nSPS) is 41.0. The minimum atomic E-state index is -0.497. The van der Waals surface area contributed by atoms with E-state index < -0.39 is 11.4 Å². The SMILES string of the molecule is C[C@H]1[C@@H](c2ccccc2)O[C@]2(C)N1CCN1[C@@H](C)[C@@H](c3ccccc3)O[C@]12C. The van der Waals surface area contributed by atoms with Crippen LogP contribution in [0.5, 0.6) is 0 Å². The van der Waals surface area contributed by atoms with E-state index >= 15 is 0 Å². The summed E-state index contributed by atoms with van der Waals surface area (Å²) < 4.78 is 13.7. The smallest absolute Gasteiger partial charge is 0.162 e. The number of fused-ring (bicyclic) bond motifs is 3. The van der Waals surface area contributed by atoms with Crippen LogP contribution in [0, 0.1) is 0 Å².